The molecule has 0 amide bonds. The van der Waals surface area contributed by atoms with Crippen molar-refractivity contribution in [3.63, 3.8) is 0 Å². The van der Waals surface area contributed by atoms with E-state index < -0.39 is 5.97 Å². The summed E-state index contributed by atoms with van der Waals surface area (Å²) in [6.45, 7) is 0.484. The summed E-state index contributed by atoms with van der Waals surface area (Å²) in [5, 5.41) is 9.88. The van der Waals surface area contributed by atoms with Crippen LogP contribution in [0, 0.1) is 0 Å². The molecule has 2 aromatic rings. The largest absolute Gasteiger partial charge is 0.493 e. The predicted octanol–water partition coefficient (Wildman–Crippen LogP) is 2.67. The smallest absolute Gasteiger partial charge is 0.339 e. The molecule has 0 saturated carbocycles. The summed E-state index contributed by atoms with van der Waals surface area (Å²) in [6.07, 6.45) is 4.31. The Kier molecular flexibility index (Phi) is 4.85. The first kappa shape index (κ1) is 13.5. The number of nitrogens with zero attached hydrogens (tertiary/aromatic N) is 1. The van der Waals surface area contributed by atoms with Gasteiger partial charge in [0.1, 0.15) is 11.3 Å². The average Bonchev–Trinajstić information content (AvgIpc) is 2.92. The zero-order valence-electron chi connectivity index (χ0n) is 10.2. The average molecular weight is 278 g/mol. The van der Waals surface area contributed by atoms with Gasteiger partial charge < -0.3 is 14.8 Å². The molecular formula is C13H14N2O3S. The number of aromatic nitrogens is 2. The third kappa shape index (κ3) is 4.03. The number of H-pyrrole nitrogens is 1. The fraction of sp³-hybridized carbons (Fsp3) is 0.231. The molecule has 6 heteroatoms. The van der Waals surface area contributed by atoms with Crippen molar-refractivity contribution >= 4 is 17.7 Å². The van der Waals surface area contributed by atoms with Crippen LogP contribution in [0.25, 0.3) is 0 Å². The maximum Gasteiger partial charge on any atom is 0.339 e. The molecule has 0 spiro atoms. The molecule has 1 heterocycles. The first-order valence-corrected chi connectivity index (χ1v) is 6.83. The number of hydrogen-bond acceptors (Lipinski definition) is 4. The van der Waals surface area contributed by atoms with E-state index in [0.29, 0.717) is 12.4 Å². The van der Waals surface area contributed by atoms with E-state index in [1.807, 2.05) is 0 Å². The minimum atomic E-state index is -0.972. The Morgan fingerprint density at radius 1 is 1.42 bits per heavy atom. The van der Waals surface area contributed by atoms with E-state index in [1.165, 1.54) is 6.07 Å². The van der Waals surface area contributed by atoms with Crippen molar-refractivity contribution in [3.8, 4) is 5.75 Å². The predicted molar refractivity (Wildman–Crippen MR) is 72.8 cm³/mol. The standard InChI is InChI=1S/C13H14N2O3S/c16-12(17)10-4-1-2-5-11(10)18-8-3-9-19-13-14-6-7-15-13/h1-2,4-7H,3,8-9H2,(H,14,15)(H,16,17). The van der Waals surface area contributed by atoms with Gasteiger partial charge in [0.05, 0.1) is 6.61 Å². The molecule has 100 valence electrons. The van der Waals surface area contributed by atoms with E-state index in [-0.39, 0.29) is 5.56 Å². The maximum absolute atomic E-state index is 11.0. The van der Waals surface area contributed by atoms with Gasteiger partial charge in [-0.25, -0.2) is 9.78 Å². The first-order chi connectivity index (χ1) is 9.27. The fourth-order valence-electron chi connectivity index (χ4n) is 1.51. The maximum atomic E-state index is 11.0. The van der Waals surface area contributed by atoms with Gasteiger partial charge in [0.15, 0.2) is 5.16 Å². The number of carboxylic acid groups (broad SMARTS) is 1. The third-order valence-corrected chi connectivity index (χ3v) is 3.37. The highest BCUT2D eigenvalue weighted by atomic mass is 32.2. The molecular weight excluding hydrogens is 264 g/mol. The van der Waals surface area contributed by atoms with Crippen molar-refractivity contribution < 1.29 is 14.6 Å². The number of imidazole rings is 1. The third-order valence-electron chi connectivity index (χ3n) is 2.38. The second kappa shape index (κ2) is 6.84. The lowest BCUT2D eigenvalue weighted by Crippen LogP contribution is -2.04. The fourth-order valence-corrected chi connectivity index (χ4v) is 2.25. The molecule has 0 aliphatic carbocycles. The highest BCUT2D eigenvalue weighted by Crippen LogP contribution is 2.18. The van der Waals surface area contributed by atoms with Crippen molar-refractivity contribution in [1.29, 1.82) is 0 Å². The van der Waals surface area contributed by atoms with Gasteiger partial charge >= 0.3 is 5.97 Å². The lowest BCUT2D eigenvalue weighted by Gasteiger charge is -2.08. The first-order valence-electron chi connectivity index (χ1n) is 5.84. The topological polar surface area (TPSA) is 75.2 Å². The van der Waals surface area contributed by atoms with E-state index >= 15 is 0 Å². The monoisotopic (exact) mass is 278 g/mol. The van der Waals surface area contributed by atoms with Crippen molar-refractivity contribution in [2.45, 2.75) is 11.6 Å². The van der Waals surface area contributed by atoms with E-state index in [2.05, 4.69) is 9.97 Å². The van der Waals surface area contributed by atoms with Crippen molar-refractivity contribution in [1.82, 2.24) is 9.97 Å². The summed E-state index contributed by atoms with van der Waals surface area (Å²) in [5.41, 5.74) is 0.196. The highest BCUT2D eigenvalue weighted by Gasteiger charge is 2.09. The van der Waals surface area contributed by atoms with Gasteiger partial charge in [-0.15, -0.1) is 0 Å². The van der Waals surface area contributed by atoms with Crippen LogP contribution in [0.15, 0.2) is 41.8 Å². The molecule has 1 aromatic heterocycles. The van der Waals surface area contributed by atoms with Crippen LogP contribution in [0.2, 0.25) is 0 Å². The van der Waals surface area contributed by atoms with Gasteiger partial charge in [-0.1, -0.05) is 23.9 Å². The number of aromatic carboxylic acids is 1. The molecule has 0 bridgehead atoms. The summed E-state index contributed by atoms with van der Waals surface area (Å²) in [4.78, 5) is 18.1. The second-order valence-electron chi connectivity index (χ2n) is 3.75. The zero-order chi connectivity index (χ0) is 13.5. The Morgan fingerprint density at radius 3 is 3.00 bits per heavy atom. The van der Waals surface area contributed by atoms with E-state index in [1.54, 1.807) is 42.4 Å². The van der Waals surface area contributed by atoms with Crippen molar-refractivity contribution in [3.05, 3.63) is 42.2 Å². The van der Waals surface area contributed by atoms with Gasteiger partial charge in [0, 0.05) is 18.1 Å². The van der Waals surface area contributed by atoms with Crippen LogP contribution < -0.4 is 4.74 Å². The number of thioether (sulfide) groups is 1. The Bertz CT molecular complexity index is 528. The molecule has 1 aromatic carbocycles. The minimum Gasteiger partial charge on any atom is -0.493 e. The zero-order valence-corrected chi connectivity index (χ0v) is 11.0. The van der Waals surface area contributed by atoms with Crippen molar-refractivity contribution in [2.24, 2.45) is 0 Å². The van der Waals surface area contributed by atoms with Gasteiger partial charge in [-0.05, 0) is 18.6 Å². The molecule has 0 aliphatic rings. The number of carbonyl (C=O) groups is 1. The van der Waals surface area contributed by atoms with E-state index in [9.17, 15) is 4.79 Å². The summed E-state index contributed by atoms with van der Waals surface area (Å²) in [6, 6.07) is 6.65. The van der Waals surface area contributed by atoms with Crippen LogP contribution in [-0.4, -0.2) is 33.4 Å². The Labute approximate surface area is 115 Å². The van der Waals surface area contributed by atoms with Crippen LogP contribution >= 0.6 is 11.8 Å². The minimum absolute atomic E-state index is 0.196. The number of aromatic amines is 1. The number of para-hydroxylation sites is 1. The van der Waals surface area contributed by atoms with Gasteiger partial charge in [-0.3, -0.25) is 0 Å². The van der Waals surface area contributed by atoms with Crippen LogP contribution in [0.5, 0.6) is 5.75 Å². The summed E-state index contributed by atoms with van der Waals surface area (Å²) >= 11 is 1.61. The normalized spacial score (nSPS) is 10.3. The summed E-state index contributed by atoms with van der Waals surface area (Å²) < 4.78 is 5.49. The van der Waals surface area contributed by atoms with Gasteiger partial charge in [0.2, 0.25) is 0 Å². The van der Waals surface area contributed by atoms with Crippen LogP contribution in [0.3, 0.4) is 0 Å². The second-order valence-corrected chi connectivity index (χ2v) is 4.83. The molecule has 0 fully saturated rings. The van der Waals surface area contributed by atoms with Crippen molar-refractivity contribution in [2.75, 3.05) is 12.4 Å². The Hall–Kier alpha value is -1.95. The van der Waals surface area contributed by atoms with Crippen LogP contribution in [0.1, 0.15) is 16.8 Å². The molecule has 0 saturated heterocycles. The Balaban J connectivity index is 1.75. The molecule has 0 unspecified atom stereocenters. The molecule has 2 N–H and O–H groups in total. The van der Waals surface area contributed by atoms with Crippen LogP contribution in [-0.2, 0) is 0 Å². The molecule has 2 rings (SSSR count). The van der Waals surface area contributed by atoms with E-state index in [0.717, 1.165) is 17.3 Å². The SMILES string of the molecule is O=C(O)c1ccccc1OCCCSc1ncc[nH]1. The quantitative estimate of drug-likeness (QED) is 0.601. The summed E-state index contributed by atoms with van der Waals surface area (Å²) in [5.74, 6) is 0.307. The van der Waals surface area contributed by atoms with Gasteiger partial charge in [-0.2, -0.15) is 0 Å². The molecule has 0 atom stereocenters. The molecule has 5 nitrogen and oxygen atoms in total. The number of rotatable bonds is 7. The lowest BCUT2D eigenvalue weighted by atomic mass is 10.2. The van der Waals surface area contributed by atoms with E-state index in [4.69, 9.17) is 9.84 Å². The number of ether oxygens (including phenoxy) is 1. The number of nitrogens with one attached hydrogen (secondary N) is 1. The number of benzene rings is 1. The molecule has 19 heavy (non-hydrogen) atoms. The highest BCUT2D eigenvalue weighted by molar-refractivity contribution is 7.99. The lowest BCUT2D eigenvalue weighted by molar-refractivity contribution is 0.0692. The number of hydrogen-bond donors (Lipinski definition) is 2. The molecule has 0 aliphatic heterocycles. The van der Waals surface area contributed by atoms with Gasteiger partial charge in [0.25, 0.3) is 0 Å². The summed E-state index contributed by atoms with van der Waals surface area (Å²) in [7, 11) is 0. The molecule has 0 radical (unpaired) electrons. The Morgan fingerprint density at radius 2 is 2.26 bits per heavy atom. The van der Waals surface area contributed by atoms with Crippen LogP contribution in [0.4, 0.5) is 0 Å². The number of carboxylic acids is 1.